The van der Waals surface area contributed by atoms with Crippen molar-refractivity contribution in [3.05, 3.63) is 81.7 Å². The Kier molecular flexibility index (Phi) is 16.1. The maximum atomic E-state index is 14.1. The summed E-state index contributed by atoms with van der Waals surface area (Å²) in [6, 6.07) is 1.55. The normalized spacial score (nSPS) is 16.8. The molecule has 0 aliphatic carbocycles. The van der Waals surface area contributed by atoms with Gasteiger partial charge >= 0.3 is 0 Å². The van der Waals surface area contributed by atoms with Crippen LogP contribution in [-0.4, -0.2) is 97.0 Å². The molecule has 71 heavy (non-hydrogen) atoms. The van der Waals surface area contributed by atoms with E-state index < -0.39 is 41.8 Å². The molecule has 370 valence electrons. The van der Waals surface area contributed by atoms with Crippen LogP contribution in [0.5, 0.6) is 0 Å². The van der Waals surface area contributed by atoms with Gasteiger partial charge in [-0.1, -0.05) is 27.7 Å². The number of pyridine rings is 1. The van der Waals surface area contributed by atoms with E-state index in [4.69, 9.17) is 25.7 Å². The molecular formula is C45H48N14O6S6. The summed E-state index contributed by atoms with van der Waals surface area (Å²) in [5.41, 5.74) is 8.64. The second kappa shape index (κ2) is 22.4. The molecule has 8 rings (SSSR count). The van der Waals surface area contributed by atoms with Crippen LogP contribution in [0.15, 0.2) is 39.0 Å². The van der Waals surface area contributed by atoms with Crippen molar-refractivity contribution < 1.29 is 28.8 Å². The van der Waals surface area contributed by atoms with Gasteiger partial charge in [0.2, 0.25) is 11.8 Å². The van der Waals surface area contributed by atoms with Crippen molar-refractivity contribution in [2.45, 2.75) is 65.6 Å². The highest BCUT2D eigenvalue weighted by molar-refractivity contribution is 7.15. The first-order chi connectivity index (χ1) is 34.1. The molecule has 0 aromatic carbocycles. The van der Waals surface area contributed by atoms with Gasteiger partial charge in [-0.2, -0.15) is 0 Å². The van der Waals surface area contributed by atoms with Crippen molar-refractivity contribution in [3.63, 3.8) is 0 Å². The molecule has 0 saturated carbocycles. The minimum Gasteiger partial charge on any atom is -0.359 e. The summed E-state index contributed by atoms with van der Waals surface area (Å²) in [6.07, 6.45) is 0.446. The Morgan fingerprint density at radius 3 is 2.04 bits per heavy atom. The van der Waals surface area contributed by atoms with Crippen LogP contribution in [0.4, 0.5) is 0 Å². The van der Waals surface area contributed by atoms with Gasteiger partial charge in [0.1, 0.15) is 69.9 Å². The first kappa shape index (κ1) is 51.1. The third-order valence-electron chi connectivity index (χ3n) is 10.9. The number of nitrogens with zero attached hydrogens (tertiary/aromatic N) is 7. The lowest BCUT2D eigenvalue weighted by Gasteiger charge is -2.20. The van der Waals surface area contributed by atoms with Crippen LogP contribution in [-0.2, 0) is 9.59 Å². The standard InChI is InChI=1S/C45H48N14O6S6/c1-19(2)32-44-56-29(18-70-44)42-52-25(14-67-42)35-22(8-9-23(50-35)41-54-26(15-68-41)36(62)48-11-7-10-46)40-53-28(17-66-40)38(64)51-24(12-30(60)47-6)43-59-34(21(5)71-43)39(65)58-33(20(3)4)45-55-27(16-69-45)37(63)49-13-31(61)57-32/h8-9,14-20,24,32-33H,7,10-13,46H2,1-6H3,(H,47,60)(H,48,62)(H,49,63)(H,51,64)(H,57,61)(H,58,65). The van der Waals surface area contributed by atoms with Crippen molar-refractivity contribution in [3.8, 4) is 43.4 Å². The van der Waals surface area contributed by atoms with Crippen LogP contribution in [0.2, 0.25) is 0 Å². The van der Waals surface area contributed by atoms with E-state index in [1.807, 2.05) is 44.5 Å². The highest BCUT2D eigenvalue weighted by Gasteiger charge is 2.31. The van der Waals surface area contributed by atoms with E-state index in [0.29, 0.717) is 82.8 Å². The number of amides is 6. The van der Waals surface area contributed by atoms with Crippen LogP contribution in [0.3, 0.4) is 0 Å². The average Bonchev–Trinajstić information content (AvgIpc) is 4.21. The Morgan fingerprint density at radius 1 is 0.676 bits per heavy atom. The van der Waals surface area contributed by atoms with Crippen molar-refractivity contribution in [1.29, 1.82) is 0 Å². The molecule has 0 fully saturated rings. The predicted molar refractivity (Wildman–Crippen MR) is 276 cm³/mol. The lowest BCUT2D eigenvalue weighted by atomic mass is 10.0. The number of rotatable bonds is 9. The average molecular weight is 1070 g/mol. The first-order valence-corrected chi connectivity index (χ1v) is 27.5. The summed E-state index contributed by atoms with van der Waals surface area (Å²) >= 11 is 7.56. The summed E-state index contributed by atoms with van der Waals surface area (Å²) < 4.78 is 0. The maximum Gasteiger partial charge on any atom is 0.271 e. The van der Waals surface area contributed by atoms with E-state index >= 15 is 0 Å². The SMILES string of the molecule is CNC(=O)CC1NC(=O)c2csc(n2)-c2ccc(-c3nc(C(=O)NCCCN)cs3)nc2-c2csc(n2)-c2csc(n2)C(C(C)C)NC(=O)CNC(=O)c2csc(n2)C(C(C)C)NC(=O)c2nc1sc2C. The molecule has 26 heteroatoms. The van der Waals surface area contributed by atoms with E-state index in [1.54, 1.807) is 29.1 Å². The van der Waals surface area contributed by atoms with Gasteiger partial charge in [0.25, 0.3) is 23.6 Å². The number of carbonyl (C=O) groups excluding carboxylic acids is 6. The summed E-state index contributed by atoms with van der Waals surface area (Å²) in [7, 11) is 1.49. The van der Waals surface area contributed by atoms with E-state index in [0.717, 1.165) is 0 Å². The highest BCUT2D eigenvalue weighted by Crippen LogP contribution is 2.39. The van der Waals surface area contributed by atoms with Crippen LogP contribution < -0.4 is 37.6 Å². The number of aromatic nitrogens is 7. The predicted octanol–water partition coefficient (Wildman–Crippen LogP) is 6.17. The molecule has 1 aliphatic heterocycles. The molecule has 7 aromatic heterocycles. The zero-order chi connectivity index (χ0) is 50.5. The maximum absolute atomic E-state index is 14.1. The Labute approximate surface area is 431 Å². The molecular weight excluding hydrogens is 1020 g/mol. The zero-order valence-corrected chi connectivity index (χ0v) is 44.0. The molecule has 1 aliphatic rings. The number of hydrogen-bond donors (Lipinski definition) is 7. The van der Waals surface area contributed by atoms with E-state index in [2.05, 4.69) is 46.9 Å². The molecule has 0 saturated heterocycles. The van der Waals surface area contributed by atoms with E-state index in [9.17, 15) is 28.8 Å². The summed E-state index contributed by atoms with van der Waals surface area (Å²) in [6.45, 7) is 10.00. The molecule has 0 radical (unpaired) electrons. The lowest BCUT2D eigenvalue weighted by Crippen LogP contribution is -2.40. The second-order valence-electron chi connectivity index (χ2n) is 16.8. The van der Waals surface area contributed by atoms with Gasteiger partial charge < -0.3 is 37.6 Å². The van der Waals surface area contributed by atoms with Crippen LogP contribution in [0, 0.1) is 18.8 Å². The number of hydrogen-bond acceptors (Lipinski definition) is 20. The fourth-order valence-electron chi connectivity index (χ4n) is 7.11. The van der Waals surface area contributed by atoms with Gasteiger partial charge in [-0.05, 0) is 43.9 Å². The van der Waals surface area contributed by atoms with E-state index in [1.165, 1.54) is 75.1 Å². The van der Waals surface area contributed by atoms with Crippen molar-refractivity contribution in [1.82, 2.24) is 66.8 Å². The molecule has 20 nitrogen and oxygen atoms in total. The van der Waals surface area contributed by atoms with Crippen molar-refractivity contribution >= 4 is 103 Å². The van der Waals surface area contributed by atoms with Crippen LogP contribution in [0.25, 0.3) is 43.4 Å². The monoisotopic (exact) mass is 1070 g/mol. The molecule has 0 spiro atoms. The van der Waals surface area contributed by atoms with Crippen molar-refractivity contribution in [2.75, 3.05) is 26.7 Å². The Morgan fingerprint density at radius 2 is 1.31 bits per heavy atom. The zero-order valence-electron chi connectivity index (χ0n) is 39.1. The van der Waals surface area contributed by atoms with Crippen molar-refractivity contribution in [2.24, 2.45) is 17.6 Å². The number of aryl methyl sites for hydroxylation is 1. The number of fused-ring (bicyclic) bond motifs is 14. The molecule has 8 N–H and O–H groups in total. The Hall–Kier alpha value is -6.29. The third kappa shape index (κ3) is 11.7. The van der Waals surface area contributed by atoms with E-state index in [-0.39, 0.29) is 59.4 Å². The van der Waals surface area contributed by atoms with Gasteiger partial charge in [-0.3, -0.25) is 28.8 Å². The minimum absolute atomic E-state index is 0.0689. The highest BCUT2D eigenvalue weighted by atomic mass is 32.1. The van der Waals surface area contributed by atoms with Gasteiger partial charge in [0, 0.05) is 50.9 Å². The summed E-state index contributed by atoms with van der Waals surface area (Å²) in [4.78, 5) is 115. The molecule has 3 unspecified atom stereocenters. The number of nitrogens with one attached hydrogen (secondary N) is 6. The number of thiazole rings is 6. The summed E-state index contributed by atoms with van der Waals surface area (Å²) in [5, 5.41) is 28.6. The topological polar surface area (TPSA) is 291 Å². The Balaban J connectivity index is 1.18. The largest absolute Gasteiger partial charge is 0.359 e. The fraction of sp³-hybridized carbons (Fsp3) is 0.356. The molecule has 10 bridgehead atoms. The smallest absolute Gasteiger partial charge is 0.271 e. The summed E-state index contributed by atoms with van der Waals surface area (Å²) in [5.74, 6) is -2.99. The van der Waals surface area contributed by atoms with Gasteiger partial charge in [-0.25, -0.2) is 34.9 Å². The molecule has 6 amide bonds. The molecule has 7 aromatic rings. The van der Waals surface area contributed by atoms with Gasteiger partial charge in [0.15, 0.2) is 0 Å². The quantitative estimate of drug-likeness (QED) is 0.0797. The van der Waals surface area contributed by atoms with Crippen LogP contribution >= 0.6 is 68.0 Å². The first-order valence-electron chi connectivity index (χ1n) is 22.3. The second-order valence-corrected chi connectivity index (χ2v) is 22.4. The third-order valence-corrected chi connectivity index (χ3v) is 16.5. The van der Waals surface area contributed by atoms with Gasteiger partial charge in [0.05, 0.1) is 36.8 Å². The Bertz CT molecular complexity index is 3110. The lowest BCUT2D eigenvalue weighted by molar-refractivity contribution is -0.122. The molecule has 3 atom stereocenters. The number of nitrogens with two attached hydrogens (primary N) is 1. The number of carbonyl (C=O) groups is 6. The fourth-order valence-corrected chi connectivity index (χ4v) is 12.6. The van der Waals surface area contributed by atoms with Gasteiger partial charge in [-0.15, -0.1) is 68.0 Å². The van der Waals surface area contributed by atoms with Crippen LogP contribution in [0.1, 0.15) is 121 Å². The molecule has 8 heterocycles. The minimum atomic E-state index is -0.935.